The van der Waals surface area contributed by atoms with Gasteiger partial charge in [-0.25, -0.2) is 4.98 Å². The van der Waals surface area contributed by atoms with Crippen molar-refractivity contribution in [1.82, 2.24) is 9.88 Å². The highest BCUT2D eigenvalue weighted by molar-refractivity contribution is 7.22. The molecule has 1 aliphatic rings. The summed E-state index contributed by atoms with van der Waals surface area (Å²) in [7, 11) is 0. The molecule has 8 nitrogen and oxygen atoms in total. The van der Waals surface area contributed by atoms with Crippen LogP contribution >= 0.6 is 22.7 Å². The molecule has 4 rings (SSSR count). The highest BCUT2D eigenvalue weighted by Gasteiger charge is 2.25. The zero-order chi connectivity index (χ0) is 22.0. The summed E-state index contributed by atoms with van der Waals surface area (Å²) in [4.78, 5) is 33.1. The number of amides is 1. The lowest BCUT2D eigenvalue weighted by molar-refractivity contribution is -0.380. The van der Waals surface area contributed by atoms with Crippen LogP contribution in [0.25, 0.3) is 10.2 Å². The van der Waals surface area contributed by atoms with Gasteiger partial charge >= 0.3 is 5.00 Å². The molecule has 164 valence electrons. The minimum atomic E-state index is -0.464. The molecule has 0 saturated carbocycles. The lowest BCUT2D eigenvalue weighted by atomic mass is 10.1. The first-order valence-electron chi connectivity index (χ1n) is 10.2. The molecule has 0 spiro atoms. The van der Waals surface area contributed by atoms with Gasteiger partial charge in [-0.05, 0) is 43.5 Å². The van der Waals surface area contributed by atoms with E-state index in [1.165, 1.54) is 23.5 Å². The number of thiazole rings is 1. The summed E-state index contributed by atoms with van der Waals surface area (Å²) in [5.74, 6) is -0.242. The second kappa shape index (κ2) is 9.39. The molecular weight excluding hydrogens is 436 g/mol. The van der Waals surface area contributed by atoms with Crippen LogP contribution in [-0.2, 0) is 4.74 Å². The number of nitrogens with zero attached hydrogens (tertiary/aromatic N) is 4. The summed E-state index contributed by atoms with van der Waals surface area (Å²) in [6.45, 7) is 8.70. The maximum atomic E-state index is 13.3. The molecule has 2 aromatic heterocycles. The molecule has 0 unspecified atom stereocenters. The average Bonchev–Trinajstić information content (AvgIpc) is 3.42. The van der Waals surface area contributed by atoms with Crippen molar-refractivity contribution >= 4 is 48.9 Å². The predicted molar refractivity (Wildman–Crippen MR) is 124 cm³/mol. The first kappa shape index (κ1) is 21.8. The molecule has 0 radical (unpaired) electrons. The number of carbonyl (C=O) groups is 1. The third kappa shape index (κ3) is 4.77. The van der Waals surface area contributed by atoms with Gasteiger partial charge in [0.15, 0.2) is 5.13 Å². The zero-order valence-electron chi connectivity index (χ0n) is 17.5. The van der Waals surface area contributed by atoms with Crippen LogP contribution in [0.2, 0.25) is 0 Å². The van der Waals surface area contributed by atoms with E-state index < -0.39 is 4.92 Å². The number of thiophene rings is 1. The topological polar surface area (TPSA) is 88.8 Å². The summed E-state index contributed by atoms with van der Waals surface area (Å²) >= 11 is 2.39. The van der Waals surface area contributed by atoms with Gasteiger partial charge in [-0.1, -0.05) is 28.7 Å². The zero-order valence-corrected chi connectivity index (χ0v) is 19.1. The molecule has 1 amide bonds. The van der Waals surface area contributed by atoms with Crippen LogP contribution in [0.4, 0.5) is 10.1 Å². The number of hydrogen-bond acceptors (Lipinski definition) is 8. The van der Waals surface area contributed by atoms with E-state index >= 15 is 0 Å². The van der Waals surface area contributed by atoms with E-state index in [2.05, 4.69) is 11.0 Å². The molecule has 0 aliphatic carbocycles. The standard InChI is InChI=1S/C21H24N4O4S2/c1-14-4-5-16-19(15(14)2)22-21(31-16)24(9-3-8-23-10-12-29-13-11-23)20(26)17-6-7-18(30-17)25(27)28/h4-7H,3,8-13H2,1-2H3. The molecule has 1 aliphatic heterocycles. The van der Waals surface area contributed by atoms with Crippen LogP contribution in [0.1, 0.15) is 27.2 Å². The first-order chi connectivity index (χ1) is 14.9. The number of hydrogen-bond donors (Lipinski definition) is 0. The Labute approximate surface area is 188 Å². The second-order valence-corrected chi connectivity index (χ2v) is 9.58. The van der Waals surface area contributed by atoms with E-state index in [9.17, 15) is 14.9 Å². The Bertz CT molecular complexity index is 1100. The minimum absolute atomic E-state index is 0.0348. The average molecular weight is 461 g/mol. The number of ether oxygens (including phenoxy) is 1. The van der Waals surface area contributed by atoms with Crippen LogP contribution in [0, 0.1) is 24.0 Å². The van der Waals surface area contributed by atoms with Crippen LogP contribution in [0.15, 0.2) is 24.3 Å². The van der Waals surface area contributed by atoms with Crippen LogP contribution in [0.3, 0.4) is 0 Å². The highest BCUT2D eigenvalue weighted by atomic mass is 32.1. The SMILES string of the molecule is Cc1ccc2sc(N(CCCN3CCOCC3)C(=O)c3ccc([N+](=O)[O-])s3)nc2c1C. The van der Waals surface area contributed by atoms with Crippen molar-refractivity contribution in [1.29, 1.82) is 0 Å². The molecule has 0 N–H and O–H groups in total. The van der Waals surface area contributed by atoms with E-state index in [1.54, 1.807) is 4.90 Å². The third-order valence-corrected chi connectivity index (χ3v) is 7.56. The quantitative estimate of drug-likeness (QED) is 0.387. The van der Waals surface area contributed by atoms with Crippen molar-refractivity contribution in [2.75, 3.05) is 44.3 Å². The van der Waals surface area contributed by atoms with E-state index in [1.807, 2.05) is 19.9 Å². The van der Waals surface area contributed by atoms with Crippen molar-refractivity contribution in [2.24, 2.45) is 0 Å². The maximum Gasteiger partial charge on any atom is 0.324 e. The first-order valence-corrected chi connectivity index (χ1v) is 11.8. The van der Waals surface area contributed by atoms with E-state index in [0.29, 0.717) is 16.6 Å². The predicted octanol–water partition coefficient (Wildman–Crippen LogP) is 4.25. The fourth-order valence-corrected chi connectivity index (χ4v) is 5.38. The number of rotatable bonds is 7. The van der Waals surface area contributed by atoms with Gasteiger partial charge in [0.05, 0.1) is 33.2 Å². The summed E-state index contributed by atoms with van der Waals surface area (Å²) in [6.07, 6.45) is 0.785. The molecule has 3 aromatic rings. The van der Waals surface area contributed by atoms with Crippen LogP contribution < -0.4 is 4.90 Å². The van der Waals surface area contributed by atoms with Gasteiger partial charge < -0.3 is 4.74 Å². The number of carbonyl (C=O) groups excluding carboxylic acids is 1. The van der Waals surface area contributed by atoms with Crippen molar-refractivity contribution in [2.45, 2.75) is 20.3 Å². The molecule has 3 heterocycles. The van der Waals surface area contributed by atoms with Crippen molar-refractivity contribution in [3.8, 4) is 0 Å². The smallest absolute Gasteiger partial charge is 0.324 e. The third-order valence-electron chi connectivity index (χ3n) is 5.49. The number of aryl methyl sites for hydroxylation is 2. The van der Waals surface area contributed by atoms with Gasteiger partial charge in [0.1, 0.15) is 0 Å². The summed E-state index contributed by atoms with van der Waals surface area (Å²) < 4.78 is 6.43. The van der Waals surface area contributed by atoms with E-state index in [-0.39, 0.29) is 10.9 Å². The van der Waals surface area contributed by atoms with Crippen LogP contribution in [-0.4, -0.2) is 60.1 Å². The molecular formula is C21H24N4O4S2. The summed E-state index contributed by atoms with van der Waals surface area (Å²) in [6, 6.07) is 7.01. The van der Waals surface area contributed by atoms with Gasteiger partial charge in [0, 0.05) is 32.2 Å². The molecule has 1 aromatic carbocycles. The molecule has 0 atom stereocenters. The number of morpholine rings is 1. The maximum absolute atomic E-state index is 13.3. The lowest BCUT2D eigenvalue weighted by Crippen LogP contribution is -2.39. The fourth-order valence-electron chi connectivity index (χ4n) is 3.56. The van der Waals surface area contributed by atoms with Crippen LogP contribution in [0.5, 0.6) is 0 Å². The number of benzene rings is 1. The van der Waals surface area contributed by atoms with E-state index in [4.69, 9.17) is 9.72 Å². The second-order valence-electron chi connectivity index (χ2n) is 7.51. The Morgan fingerprint density at radius 1 is 1.23 bits per heavy atom. The van der Waals surface area contributed by atoms with E-state index in [0.717, 1.165) is 71.9 Å². The van der Waals surface area contributed by atoms with Gasteiger partial charge in [0.25, 0.3) is 5.91 Å². The summed E-state index contributed by atoms with van der Waals surface area (Å²) in [5, 5.41) is 11.7. The lowest BCUT2D eigenvalue weighted by Gasteiger charge is -2.27. The Morgan fingerprint density at radius 3 is 2.71 bits per heavy atom. The largest absolute Gasteiger partial charge is 0.379 e. The van der Waals surface area contributed by atoms with Gasteiger partial charge in [-0.3, -0.25) is 24.7 Å². The van der Waals surface area contributed by atoms with Gasteiger partial charge in [-0.2, -0.15) is 0 Å². The Kier molecular flexibility index (Phi) is 6.61. The molecule has 10 heteroatoms. The monoisotopic (exact) mass is 460 g/mol. The van der Waals surface area contributed by atoms with Gasteiger partial charge in [-0.15, -0.1) is 0 Å². The molecule has 0 bridgehead atoms. The van der Waals surface area contributed by atoms with Crippen molar-refractivity contribution in [3.63, 3.8) is 0 Å². The molecule has 31 heavy (non-hydrogen) atoms. The number of aromatic nitrogens is 1. The minimum Gasteiger partial charge on any atom is -0.379 e. The Hall–Kier alpha value is -2.40. The molecule has 1 fully saturated rings. The van der Waals surface area contributed by atoms with Crippen molar-refractivity contribution < 1.29 is 14.5 Å². The highest BCUT2D eigenvalue weighted by Crippen LogP contribution is 2.34. The number of fused-ring (bicyclic) bond motifs is 1. The fraction of sp³-hybridized carbons (Fsp3) is 0.429. The van der Waals surface area contributed by atoms with Crippen molar-refractivity contribution in [3.05, 3.63) is 50.4 Å². The Morgan fingerprint density at radius 2 is 2.00 bits per heavy atom. The van der Waals surface area contributed by atoms with Gasteiger partial charge in [0.2, 0.25) is 0 Å². The number of anilines is 1. The Balaban J connectivity index is 1.60. The molecule has 1 saturated heterocycles. The summed E-state index contributed by atoms with van der Waals surface area (Å²) in [5.41, 5.74) is 3.17. The number of nitro groups is 1. The normalized spacial score (nSPS) is 14.8.